The van der Waals surface area contributed by atoms with Gasteiger partial charge in [-0.3, -0.25) is 0 Å². The molecule has 0 spiro atoms. The van der Waals surface area contributed by atoms with E-state index in [4.69, 9.17) is 15.6 Å². The third-order valence-electron chi connectivity index (χ3n) is 3.59. The summed E-state index contributed by atoms with van der Waals surface area (Å²) in [5, 5.41) is 5.10. The highest BCUT2D eigenvalue weighted by Gasteiger charge is 2.22. The lowest BCUT2D eigenvalue weighted by Crippen LogP contribution is -2.37. The zero-order chi connectivity index (χ0) is 14.8. The first kappa shape index (κ1) is 15.1. The average molecular weight is 299 g/mol. The Balaban J connectivity index is 2.20. The Morgan fingerprint density at radius 3 is 2.80 bits per heavy atom. The lowest BCUT2D eigenvalue weighted by Gasteiger charge is -2.34. The lowest BCUT2D eigenvalue weighted by atomic mass is 9.98. The van der Waals surface area contributed by atoms with Gasteiger partial charge in [0.2, 0.25) is 10.0 Å². The number of sulfonamides is 1. The fourth-order valence-corrected chi connectivity index (χ4v) is 3.20. The third kappa shape index (κ3) is 3.41. The van der Waals surface area contributed by atoms with E-state index in [1.165, 1.54) is 12.1 Å². The molecule has 2 rings (SSSR count). The first-order valence-corrected chi connectivity index (χ1v) is 8.12. The fraction of sp³-hybridized carbons (Fsp3) is 0.538. The summed E-state index contributed by atoms with van der Waals surface area (Å²) < 4.78 is 27.8. The quantitative estimate of drug-likeness (QED) is 0.800. The Hall–Kier alpha value is -1.31. The maximum Gasteiger partial charge on any atom is 0.238 e. The Morgan fingerprint density at radius 2 is 2.20 bits per heavy atom. The van der Waals surface area contributed by atoms with Gasteiger partial charge in [-0.05, 0) is 37.0 Å². The topological polar surface area (TPSA) is 98.6 Å². The minimum absolute atomic E-state index is 0.0456. The van der Waals surface area contributed by atoms with Gasteiger partial charge in [0.15, 0.2) is 0 Å². The number of nitrogens with zero attached hydrogens (tertiary/aromatic N) is 1. The predicted octanol–water partition coefficient (Wildman–Crippen LogP) is 0.779. The molecule has 20 heavy (non-hydrogen) atoms. The Bertz CT molecular complexity index is 572. The molecule has 112 valence electrons. The molecule has 1 atom stereocenters. The van der Waals surface area contributed by atoms with Gasteiger partial charge in [-0.1, -0.05) is 0 Å². The standard InChI is InChI=1S/C13H21N3O3S/c1-19-9-10-3-2-6-16(8-10)13-5-4-11(7-12(13)14)20(15,17)18/h4-5,7,10H,2-3,6,8-9,14H2,1H3,(H2,15,17,18). The molecule has 1 fully saturated rings. The molecular weight excluding hydrogens is 278 g/mol. The molecule has 1 aliphatic rings. The summed E-state index contributed by atoms with van der Waals surface area (Å²) in [6.45, 7) is 2.51. The number of rotatable bonds is 4. The van der Waals surface area contributed by atoms with Gasteiger partial charge < -0.3 is 15.4 Å². The Kier molecular flexibility index (Phi) is 4.52. The van der Waals surface area contributed by atoms with Gasteiger partial charge in [-0.25, -0.2) is 13.6 Å². The number of methoxy groups -OCH3 is 1. The SMILES string of the molecule is COCC1CCCN(c2ccc(S(N)(=O)=O)cc2N)C1. The molecule has 4 N–H and O–H groups in total. The van der Waals surface area contributed by atoms with Crippen LogP contribution in [0.2, 0.25) is 0 Å². The smallest absolute Gasteiger partial charge is 0.238 e. The van der Waals surface area contributed by atoms with E-state index >= 15 is 0 Å². The van der Waals surface area contributed by atoms with Crippen molar-refractivity contribution in [1.82, 2.24) is 0 Å². The predicted molar refractivity (Wildman–Crippen MR) is 79.0 cm³/mol. The number of nitrogens with two attached hydrogens (primary N) is 2. The molecule has 1 aliphatic heterocycles. The van der Waals surface area contributed by atoms with E-state index in [-0.39, 0.29) is 4.90 Å². The van der Waals surface area contributed by atoms with Gasteiger partial charge in [0.25, 0.3) is 0 Å². The van der Waals surface area contributed by atoms with E-state index in [1.807, 2.05) is 0 Å². The normalized spacial score (nSPS) is 20.1. The van der Waals surface area contributed by atoms with Crippen molar-refractivity contribution in [3.8, 4) is 0 Å². The molecule has 0 aromatic heterocycles. The van der Waals surface area contributed by atoms with Gasteiger partial charge in [-0.15, -0.1) is 0 Å². The highest BCUT2D eigenvalue weighted by atomic mass is 32.2. The molecule has 0 amide bonds. The molecule has 1 heterocycles. The summed E-state index contributed by atoms with van der Waals surface area (Å²) in [5.41, 5.74) is 7.27. The largest absolute Gasteiger partial charge is 0.397 e. The number of hydrogen-bond acceptors (Lipinski definition) is 5. The van der Waals surface area contributed by atoms with Crippen molar-refractivity contribution in [3.63, 3.8) is 0 Å². The summed E-state index contributed by atoms with van der Waals surface area (Å²) in [5.74, 6) is 0.478. The molecule has 0 bridgehead atoms. The van der Waals surface area contributed by atoms with E-state index in [2.05, 4.69) is 4.90 Å². The zero-order valence-electron chi connectivity index (χ0n) is 11.6. The molecule has 1 saturated heterocycles. The highest BCUT2D eigenvalue weighted by molar-refractivity contribution is 7.89. The van der Waals surface area contributed by atoms with E-state index < -0.39 is 10.0 Å². The van der Waals surface area contributed by atoms with E-state index in [9.17, 15) is 8.42 Å². The van der Waals surface area contributed by atoms with Crippen LogP contribution < -0.4 is 15.8 Å². The zero-order valence-corrected chi connectivity index (χ0v) is 12.4. The lowest BCUT2D eigenvalue weighted by molar-refractivity contribution is 0.143. The molecule has 1 unspecified atom stereocenters. The second kappa shape index (κ2) is 5.99. The van der Waals surface area contributed by atoms with Crippen LogP contribution in [0.1, 0.15) is 12.8 Å². The molecule has 0 aliphatic carbocycles. The van der Waals surface area contributed by atoms with Crippen molar-refractivity contribution >= 4 is 21.4 Å². The third-order valence-corrected chi connectivity index (χ3v) is 4.50. The van der Waals surface area contributed by atoms with Crippen LogP contribution in [0.4, 0.5) is 11.4 Å². The number of primary sulfonamides is 1. The maximum atomic E-state index is 11.3. The van der Waals surface area contributed by atoms with Crippen molar-refractivity contribution < 1.29 is 13.2 Å². The molecule has 1 aromatic carbocycles. The van der Waals surface area contributed by atoms with Crippen LogP contribution >= 0.6 is 0 Å². The van der Waals surface area contributed by atoms with Crippen molar-refractivity contribution in [1.29, 1.82) is 0 Å². The Morgan fingerprint density at radius 1 is 1.45 bits per heavy atom. The van der Waals surface area contributed by atoms with E-state index in [1.54, 1.807) is 13.2 Å². The summed E-state index contributed by atoms with van der Waals surface area (Å²) >= 11 is 0. The van der Waals surface area contributed by atoms with Crippen molar-refractivity contribution in [2.24, 2.45) is 11.1 Å². The van der Waals surface area contributed by atoms with Gasteiger partial charge >= 0.3 is 0 Å². The number of ether oxygens (including phenoxy) is 1. The van der Waals surface area contributed by atoms with Crippen molar-refractivity contribution in [3.05, 3.63) is 18.2 Å². The number of nitrogen functional groups attached to an aromatic ring is 1. The van der Waals surface area contributed by atoms with Gasteiger partial charge in [0, 0.05) is 20.2 Å². The van der Waals surface area contributed by atoms with Crippen LogP contribution in [0.15, 0.2) is 23.1 Å². The van der Waals surface area contributed by atoms with Crippen LogP contribution in [-0.2, 0) is 14.8 Å². The maximum absolute atomic E-state index is 11.3. The molecule has 6 nitrogen and oxygen atoms in total. The average Bonchev–Trinajstić information content (AvgIpc) is 2.38. The first-order chi connectivity index (χ1) is 9.41. The second-order valence-electron chi connectivity index (χ2n) is 5.18. The minimum Gasteiger partial charge on any atom is -0.397 e. The monoisotopic (exact) mass is 299 g/mol. The summed E-state index contributed by atoms with van der Waals surface area (Å²) in [6.07, 6.45) is 2.21. The van der Waals surface area contributed by atoms with Crippen LogP contribution in [0, 0.1) is 5.92 Å². The number of benzene rings is 1. The second-order valence-corrected chi connectivity index (χ2v) is 6.74. The van der Waals surface area contributed by atoms with Crippen LogP contribution in [0.3, 0.4) is 0 Å². The number of anilines is 2. The van der Waals surface area contributed by atoms with Gasteiger partial charge in [0.1, 0.15) is 0 Å². The Labute approximate surface area is 119 Å². The van der Waals surface area contributed by atoms with Gasteiger partial charge in [0.05, 0.1) is 22.9 Å². The van der Waals surface area contributed by atoms with E-state index in [0.717, 1.165) is 38.2 Å². The van der Waals surface area contributed by atoms with Crippen molar-refractivity contribution in [2.75, 3.05) is 37.4 Å². The van der Waals surface area contributed by atoms with Crippen LogP contribution in [0.25, 0.3) is 0 Å². The van der Waals surface area contributed by atoms with E-state index in [0.29, 0.717) is 11.6 Å². The molecule has 0 radical (unpaired) electrons. The fourth-order valence-electron chi connectivity index (χ4n) is 2.65. The summed E-state index contributed by atoms with van der Waals surface area (Å²) in [4.78, 5) is 2.22. The molecular formula is C13H21N3O3S. The minimum atomic E-state index is -3.71. The number of hydrogen-bond donors (Lipinski definition) is 2. The molecule has 0 saturated carbocycles. The highest BCUT2D eigenvalue weighted by Crippen LogP contribution is 2.29. The summed E-state index contributed by atoms with van der Waals surface area (Å²) in [7, 11) is -2.01. The van der Waals surface area contributed by atoms with Crippen LogP contribution in [-0.4, -0.2) is 35.2 Å². The van der Waals surface area contributed by atoms with Crippen LogP contribution in [0.5, 0.6) is 0 Å². The molecule has 7 heteroatoms. The van der Waals surface area contributed by atoms with Crippen molar-refractivity contribution in [2.45, 2.75) is 17.7 Å². The number of piperidine rings is 1. The molecule has 1 aromatic rings. The van der Waals surface area contributed by atoms with Gasteiger partial charge in [-0.2, -0.15) is 0 Å². The summed E-state index contributed by atoms with van der Waals surface area (Å²) in [6, 6.07) is 4.65. The first-order valence-electron chi connectivity index (χ1n) is 6.58.